The summed E-state index contributed by atoms with van der Waals surface area (Å²) in [5.41, 5.74) is 0. The second-order valence-electron chi connectivity index (χ2n) is 7.54. The number of ether oxygens (including phenoxy) is 1. The van der Waals surface area contributed by atoms with E-state index in [0.717, 1.165) is 50.8 Å². The van der Waals surface area contributed by atoms with E-state index in [1.165, 1.54) is 38.5 Å². The maximum Gasteiger partial charge on any atom is 0.243 e. The van der Waals surface area contributed by atoms with Crippen molar-refractivity contribution in [2.75, 3.05) is 40.3 Å². The van der Waals surface area contributed by atoms with Gasteiger partial charge in [-0.15, -0.1) is 24.0 Å². The zero-order chi connectivity index (χ0) is 17.9. The van der Waals surface area contributed by atoms with Crippen LogP contribution in [0.3, 0.4) is 0 Å². The zero-order valence-electron chi connectivity index (χ0n) is 16.5. The van der Waals surface area contributed by atoms with E-state index in [9.17, 15) is 4.79 Å². The molecule has 1 aliphatic carbocycles. The predicted molar refractivity (Wildman–Crippen MR) is 117 cm³/mol. The van der Waals surface area contributed by atoms with Gasteiger partial charge in [0, 0.05) is 33.8 Å². The molecular formula is C19H37IN4O2. The number of rotatable bonds is 8. The monoisotopic (exact) mass is 480 g/mol. The third-order valence-electron chi connectivity index (χ3n) is 5.20. The molecule has 0 bridgehead atoms. The summed E-state index contributed by atoms with van der Waals surface area (Å²) >= 11 is 0. The van der Waals surface area contributed by atoms with E-state index in [2.05, 4.69) is 15.6 Å². The third kappa shape index (κ3) is 9.39. The summed E-state index contributed by atoms with van der Waals surface area (Å²) in [4.78, 5) is 17.8. The van der Waals surface area contributed by atoms with Crippen LogP contribution in [0.2, 0.25) is 0 Å². The number of aliphatic imine (C=N–C) groups is 1. The Balaban J connectivity index is 0.00000338. The maximum atomic E-state index is 11.8. The molecule has 0 radical (unpaired) electrons. The molecule has 1 amide bonds. The van der Waals surface area contributed by atoms with E-state index in [-0.39, 0.29) is 42.5 Å². The number of amides is 1. The van der Waals surface area contributed by atoms with Crippen LogP contribution in [0, 0.1) is 5.92 Å². The average molecular weight is 480 g/mol. The SMILES string of the molecule is CN(C)C(=O)CN=C(NCCCC1CCCCC1)NCC1CCCO1.I. The molecule has 0 aromatic rings. The summed E-state index contributed by atoms with van der Waals surface area (Å²) in [6, 6.07) is 0. The molecule has 1 saturated heterocycles. The number of guanidine groups is 1. The smallest absolute Gasteiger partial charge is 0.243 e. The molecule has 0 spiro atoms. The van der Waals surface area contributed by atoms with Crippen molar-refractivity contribution in [3.8, 4) is 0 Å². The van der Waals surface area contributed by atoms with Crippen molar-refractivity contribution in [1.82, 2.24) is 15.5 Å². The van der Waals surface area contributed by atoms with Crippen molar-refractivity contribution in [3.63, 3.8) is 0 Å². The van der Waals surface area contributed by atoms with Gasteiger partial charge in [0.05, 0.1) is 6.10 Å². The maximum absolute atomic E-state index is 11.8. The first-order chi connectivity index (χ1) is 12.1. The second kappa shape index (κ2) is 13.6. The van der Waals surface area contributed by atoms with Gasteiger partial charge in [0.2, 0.25) is 5.91 Å². The van der Waals surface area contributed by atoms with Crippen molar-refractivity contribution >= 4 is 35.8 Å². The Morgan fingerprint density at radius 3 is 2.54 bits per heavy atom. The van der Waals surface area contributed by atoms with Gasteiger partial charge in [0.25, 0.3) is 0 Å². The summed E-state index contributed by atoms with van der Waals surface area (Å²) in [6.45, 7) is 2.69. The molecular weight excluding hydrogens is 443 g/mol. The Morgan fingerprint density at radius 1 is 1.12 bits per heavy atom. The Morgan fingerprint density at radius 2 is 1.88 bits per heavy atom. The Hall–Kier alpha value is -0.570. The molecule has 2 N–H and O–H groups in total. The third-order valence-corrected chi connectivity index (χ3v) is 5.20. The fraction of sp³-hybridized carbons (Fsp3) is 0.895. The molecule has 7 heteroatoms. The van der Waals surface area contributed by atoms with E-state index >= 15 is 0 Å². The van der Waals surface area contributed by atoms with Crippen molar-refractivity contribution in [3.05, 3.63) is 0 Å². The molecule has 1 atom stereocenters. The second-order valence-corrected chi connectivity index (χ2v) is 7.54. The van der Waals surface area contributed by atoms with E-state index < -0.39 is 0 Å². The van der Waals surface area contributed by atoms with Gasteiger partial charge in [-0.25, -0.2) is 4.99 Å². The fourth-order valence-corrected chi connectivity index (χ4v) is 3.55. The first-order valence-corrected chi connectivity index (χ1v) is 9.99. The normalized spacial score (nSPS) is 21.2. The Kier molecular flexibility index (Phi) is 12.3. The van der Waals surface area contributed by atoms with Crippen molar-refractivity contribution in [1.29, 1.82) is 0 Å². The molecule has 0 aromatic carbocycles. The van der Waals surface area contributed by atoms with Crippen LogP contribution in [-0.2, 0) is 9.53 Å². The largest absolute Gasteiger partial charge is 0.376 e. The van der Waals surface area contributed by atoms with Gasteiger partial charge in [-0.1, -0.05) is 32.1 Å². The number of hydrogen-bond donors (Lipinski definition) is 2. The van der Waals surface area contributed by atoms with E-state index in [4.69, 9.17) is 4.74 Å². The standard InChI is InChI=1S/C19H36N4O2.HI/c1-23(2)18(24)15-22-19(21-14-17-11-7-13-25-17)20-12-6-10-16-8-4-3-5-9-16;/h16-17H,3-15H2,1-2H3,(H2,20,21,22);1H. The minimum Gasteiger partial charge on any atom is -0.376 e. The van der Waals surface area contributed by atoms with Crippen LogP contribution in [0.15, 0.2) is 4.99 Å². The first kappa shape index (κ1) is 23.5. The van der Waals surface area contributed by atoms with Crippen molar-refractivity contribution in [2.45, 2.75) is 63.9 Å². The van der Waals surface area contributed by atoms with Crippen LogP contribution in [0.5, 0.6) is 0 Å². The molecule has 26 heavy (non-hydrogen) atoms. The summed E-state index contributed by atoms with van der Waals surface area (Å²) in [6.07, 6.45) is 12.0. The van der Waals surface area contributed by atoms with Gasteiger partial charge in [-0.05, 0) is 31.6 Å². The van der Waals surface area contributed by atoms with Crippen LogP contribution in [0.25, 0.3) is 0 Å². The molecule has 1 aliphatic heterocycles. The highest BCUT2D eigenvalue weighted by molar-refractivity contribution is 14.0. The lowest BCUT2D eigenvalue weighted by molar-refractivity contribution is -0.127. The number of halogens is 1. The van der Waals surface area contributed by atoms with Gasteiger partial charge in [0.15, 0.2) is 5.96 Å². The highest BCUT2D eigenvalue weighted by atomic mass is 127. The summed E-state index contributed by atoms with van der Waals surface area (Å²) in [7, 11) is 3.52. The number of hydrogen-bond acceptors (Lipinski definition) is 3. The van der Waals surface area contributed by atoms with Crippen LogP contribution in [0.1, 0.15) is 57.8 Å². The minimum absolute atomic E-state index is 0. The topological polar surface area (TPSA) is 66.0 Å². The average Bonchev–Trinajstić information content (AvgIpc) is 3.14. The summed E-state index contributed by atoms with van der Waals surface area (Å²) in [5.74, 6) is 1.65. The van der Waals surface area contributed by atoms with Gasteiger partial charge in [-0.2, -0.15) is 0 Å². The van der Waals surface area contributed by atoms with Gasteiger partial charge in [0.1, 0.15) is 6.54 Å². The Bertz CT molecular complexity index is 420. The quantitative estimate of drug-likeness (QED) is 0.243. The van der Waals surface area contributed by atoms with Crippen molar-refractivity contribution < 1.29 is 9.53 Å². The number of likely N-dealkylation sites (N-methyl/N-ethyl adjacent to an activating group) is 1. The summed E-state index contributed by atoms with van der Waals surface area (Å²) < 4.78 is 5.65. The number of carbonyl (C=O) groups excluding carboxylic acids is 1. The number of nitrogens with one attached hydrogen (secondary N) is 2. The van der Waals surface area contributed by atoms with Crippen LogP contribution in [-0.4, -0.2) is 63.2 Å². The lowest BCUT2D eigenvalue weighted by Gasteiger charge is -2.21. The minimum atomic E-state index is 0. The van der Waals surface area contributed by atoms with E-state index in [1.54, 1.807) is 19.0 Å². The zero-order valence-corrected chi connectivity index (χ0v) is 18.8. The first-order valence-electron chi connectivity index (χ1n) is 9.99. The molecule has 152 valence electrons. The molecule has 6 nitrogen and oxygen atoms in total. The van der Waals surface area contributed by atoms with E-state index in [1.807, 2.05) is 0 Å². The molecule has 1 heterocycles. The molecule has 1 unspecified atom stereocenters. The fourth-order valence-electron chi connectivity index (χ4n) is 3.55. The van der Waals surface area contributed by atoms with Crippen LogP contribution < -0.4 is 10.6 Å². The van der Waals surface area contributed by atoms with Gasteiger partial charge < -0.3 is 20.3 Å². The molecule has 1 saturated carbocycles. The van der Waals surface area contributed by atoms with Gasteiger partial charge in [-0.3, -0.25) is 4.79 Å². The molecule has 2 fully saturated rings. The number of carbonyl (C=O) groups is 1. The predicted octanol–water partition coefficient (Wildman–Crippen LogP) is 2.77. The van der Waals surface area contributed by atoms with Crippen LogP contribution >= 0.6 is 24.0 Å². The summed E-state index contributed by atoms with van der Waals surface area (Å²) in [5, 5.41) is 6.73. The Labute approximate surface area is 175 Å². The highest BCUT2D eigenvalue weighted by Gasteiger charge is 2.16. The lowest BCUT2D eigenvalue weighted by Crippen LogP contribution is -2.42. The lowest BCUT2D eigenvalue weighted by atomic mass is 9.86. The van der Waals surface area contributed by atoms with Gasteiger partial charge >= 0.3 is 0 Å². The number of nitrogens with zero attached hydrogens (tertiary/aromatic N) is 2. The molecule has 0 aromatic heterocycles. The molecule has 2 aliphatic rings. The van der Waals surface area contributed by atoms with Crippen molar-refractivity contribution in [2.24, 2.45) is 10.9 Å². The molecule has 2 rings (SSSR count). The van der Waals surface area contributed by atoms with Crippen LogP contribution in [0.4, 0.5) is 0 Å². The van der Waals surface area contributed by atoms with E-state index in [0.29, 0.717) is 0 Å². The highest BCUT2D eigenvalue weighted by Crippen LogP contribution is 2.26.